The molecule has 4 atom stereocenters. The summed E-state index contributed by atoms with van der Waals surface area (Å²) in [5, 5.41) is 2.97. The molecular weight excluding hydrogens is 357 g/mol. The van der Waals surface area contributed by atoms with Crippen molar-refractivity contribution in [1.82, 2.24) is 10.3 Å². The number of pyridine rings is 1. The number of hydrogen-bond acceptors (Lipinski definition) is 3. The Hall–Kier alpha value is -2.07. The second-order valence-electron chi connectivity index (χ2n) is 6.56. The van der Waals surface area contributed by atoms with Gasteiger partial charge in [-0.2, -0.15) is 8.78 Å². The molecule has 1 aliphatic carbocycles. The van der Waals surface area contributed by atoms with Gasteiger partial charge in [-0.1, -0.05) is 39.6 Å². The third kappa shape index (κ3) is 4.98. The lowest BCUT2D eigenvalue weighted by Crippen LogP contribution is -2.29. The Labute approximate surface area is 153 Å². The Balaban J connectivity index is 1.52. The van der Waals surface area contributed by atoms with Gasteiger partial charge in [-0.05, 0) is 37.0 Å². The van der Waals surface area contributed by atoms with Crippen LogP contribution in [0.25, 0.3) is 0 Å². The van der Waals surface area contributed by atoms with Crippen molar-refractivity contribution in [2.24, 2.45) is 5.92 Å². The minimum atomic E-state index is -2.97. The summed E-state index contributed by atoms with van der Waals surface area (Å²) in [4.78, 5) is 16.6. The second-order valence-corrected chi connectivity index (χ2v) is 7.40. The first-order chi connectivity index (χ1) is 12.3. The molecule has 3 rings (SSSR count). The zero-order valence-electron chi connectivity index (χ0n) is 14.4. The number of nitrogens with zero attached hydrogens (tertiary/aromatic N) is 1. The largest absolute Gasteiger partial charge is 0.485 e. The SMILES string of the molecule is C[C@H](NC(=O)[C@H]1C[C@@H]1c1ccccc1)c1ccc(OCC(F)(F)P)cn1. The average molecular weight is 378 g/mol. The maximum Gasteiger partial charge on any atom is 0.292 e. The maximum absolute atomic E-state index is 12.8. The van der Waals surface area contributed by atoms with Crippen LogP contribution in [-0.2, 0) is 4.79 Å². The zero-order chi connectivity index (χ0) is 18.7. The fourth-order valence-corrected chi connectivity index (χ4v) is 2.94. The highest BCUT2D eigenvalue weighted by atomic mass is 31.0. The molecule has 7 heteroatoms. The number of aromatic nitrogens is 1. The van der Waals surface area contributed by atoms with Gasteiger partial charge in [-0.15, -0.1) is 0 Å². The summed E-state index contributed by atoms with van der Waals surface area (Å²) in [6, 6.07) is 13.0. The lowest BCUT2D eigenvalue weighted by molar-refractivity contribution is -0.123. The van der Waals surface area contributed by atoms with Crippen molar-refractivity contribution in [2.75, 3.05) is 6.61 Å². The van der Waals surface area contributed by atoms with E-state index < -0.39 is 12.3 Å². The van der Waals surface area contributed by atoms with Crippen LogP contribution in [0.15, 0.2) is 48.7 Å². The van der Waals surface area contributed by atoms with Gasteiger partial charge in [0.25, 0.3) is 5.66 Å². The Morgan fingerprint density at radius 3 is 2.69 bits per heavy atom. The van der Waals surface area contributed by atoms with Gasteiger partial charge in [0, 0.05) is 5.92 Å². The fourth-order valence-electron chi connectivity index (χ4n) is 2.86. The summed E-state index contributed by atoms with van der Waals surface area (Å²) >= 11 is 0. The van der Waals surface area contributed by atoms with E-state index in [0.29, 0.717) is 5.69 Å². The zero-order valence-corrected chi connectivity index (χ0v) is 15.5. The number of carbonyl (C=O) groups is 1. The molecule has 0 aliphatic heterocycles. The van der Waals surface area contributed by atoms with Crippen molar-refractivity contribution in [2.45, 2.75) is 31.0 Å². The van der Waals surface area contributed by atoms with E-state index >= 15 is 0 Å². The molecule has 138 valence electrons. The summed E-state index contributed by atoms with van der Waals surface area (Å²) in [7, 11) is 1.43. The van der Waals surface area contributed by atoms with Crippen molar-refractivity contribution in [3.05, 3.63) is 59.9 Å². The first kappa shape index (κ1) is 18.7. The maximum atomic E-state index is 12.8. The molecule has 1 aromatic carbocycles. The van der Waals surface area contributed by atoms with Crippen LogP contribution < -0.4 is 10.1 Å². The van der Waals surface area contributed by atoms with Crippen LogP contribution in [0.4, 0.5) is 8.78 Å². The first-order valence-electron chi connectivity index (χ1n) is 8.44. The summed E-state index contributed by atoms with van der Waals surface area (Å²) < 4.78 is 30.5. The Kier molecular flexibility index (Phi) is 5.52. The number of hydrogen-bond donors (Lipinski definition) is 1. The number of carbonyl (C=O) groups excluding carboxylic acids is 1. The van der Waals surface area contributed by atoms with Gasteiger partial charge in [0.05, 0.1) is 17.9 Å². The van der Waals surface area contributed by atoms with Crippen molar-refractivity contribution in [1.29, 1.82) is 0 Å². The third-order valence-electron chi connectivity index (χ3n) is 4.35. The number of ether oxygens (including phenoxy) is 1. The molecule has 1 fully saturated rings. The molecule has 1 aromatic heterocycles. The number of rotatable bonds is 7. The molecule has 1 N–H and O–H groups in total. The normalized spacial score (nSPS) is 20.3. The van der Waals surface area contributed by atoms with E-state index in [1.807, 2.05) is 37.3 Å². The smallest absolute Gasteiger partial charge is 0.292 e. The molecule has 1 saturated carbocycles. The van der Waals surface area contributed by atoms with Gasteiger partial charge in [0.1, 0.15) is 5.75 Å². The van der Waals surface area contributed by atoms with Gasteiger partial charge < -0.3 is 10.1 Å². The van der Waals surface area contributed by atoms with E-state index in [2.05, 4.69) is 10.3 Å². The molecule has 1 unspecified atom stereocenters. The quantitative estimate of drug-likeness (QED) is 0.744. The Bertz CT molecular complexity index is 750. The molecule has 1 amide bonds. The highest BCUT2D eigenvalue weighted by Gasteiger charge is 2.44. The van der Waals surface area contributed by atoms with E-state index in [0.717, 1.165) is 6.42 Å². The molecule has 1 heterocycles. The number of amides is 1. The topological polar surface area (TPSA) is 51.2 Å². The van der Waals surface area contributed by atoms with E-state index in [-0.39, 0.29) is 29.5 Å². The van der Waals surface area contributed by atoms with E-state index in [1.54, 1.807) is 12.1 Å². The minimum Gasteiger partial charge on any atom is -0.485 e. The molecule has 0 radical (unpaired) electrons. The number of benzene rings is 1. The molecule has 1 aliphatic rings. The van der Waals surface area contributed by atoms with Crippen molar-refractivity contribution < 1.29 is 18.3 Å². The van der Waals surface area contributed by atoms with Crippen molar-refractivity contribution >= 4 is 15.1 Å². The van der Waals surface area contributed by atoms with E-state index in [1.165, 1.54) is 21.0 Å². The van der Waals surface area contributed by atoms with Gasteiger partial charge in [-0.3, -0.25) is 9.78 Å². The number of halogens is 2. The summed E-state index contributed by atoms with van der Waals surface area (Å²) in [6.07, 6.45) is 2.24. The van der Waals surface area contributed by atoms with Crippen LogP contribution >= 0.6 is 9.24 Å². The number of alkyl halides is 2. The van der Waals surface area contributed by atoms with Gasteiger partial charge in [0.15, 0.2) is 6.61 Å². The molecule has 26 heavy (non-hydrogen) atoms. The van der Waals surface area contributed by atoms with Crippen LogP contribution in [0.1, 0.15) is 36.6 Å². The Morgan fingerprint density at radius 1 is 1.35 bits per heavy atom. The predicted molar refractivity (Wildman–Crippen MR) is 98.2 cm³/mol. The molecule has 0 bridgehead atoms. The highest BCUT2D eigenvalue weighted by molar-refractivity contribution is 7.18. The molecule has 0 saturated heterocycles. The molecule has 4 nitrogen and oxygen atoms in total. The van der Waals surface area contributed by atoms with Gasteiger partial charge in [0.2, 0.25) is 5.91 Å². The highest BCUT2D eigenvalue weighted by Crippen LogP contribution is 2.47. The fraction of sp³-hybridized carbons (Fsp3) is 0.368. The first-order valence-corrected chi connectivity index (χ1v) is 9.02. The van der Waals surface area contributed by atoms with Crippen molar-refractivity contribution in [3.63, 3.8) is 0 Å². The summed E-state index contributed by atoms with van der Waals surface area (Å²) in [5.74, 6) is 0.546. The van der Waals surface area contributed by atoms with E-state index in [9.17, 15) is 13.6 Å². The molecular formula is C19H21F2N2O2P. The Morgan fingerprint density at radius 2 is 2.08 bits per heavy atom. The average Bonchev–Trinajstić information content (AvgIpc) is 3.41. The van der Waals surface area contributed by atoms with Gasteiger partial charge >= 0.3 is 0 Å². The van der Waals surface area contributed by atoms with E-state index in [4.69, 9.17) is 4.74 Å². The summed E-state index contributed by atoms with van der Waals surface area (Å²) in [5.41, 5.74) is -1.13. The van der Waals surface area contributed by atoms with Crippen LogP contribution in [0, 0.1) is 5.92 Å². The minimum absolute atomic E-state index is 0.00765. The van der Waals surface area contributed by atoms with Crippen LogP contribution in [0.5, 0.6) is 5.75 Å². The van der Waals surface area contributed by atoms with Crippen molar-refractivity contribution in [3.8, 4) is 5.75 Å². The molecule has 2 aromatic rings. The third-order valence-corrected chi connectivity index (χ3v) is 4.51. The van der Waals surface area contributed by atoms with Gasteiger partial charge in [-0.25, -0.2) is 0 Å². The second kappa shape index (κ2) is 7.67. The lowest BCUT2D eigenvalue weighted by Gasteiger charge is -2.15. The monoisotopic (exact) mass is 378 g/mol. The van der Waals surface area contributed by atoms with Crippen LogP contribution in [-0.4, -0.2) is 23.2 Å². The van der Waals surface area contributed by atoms with Crippen LogP contribution in [0.3, 0.4) is 0 Å². The summed E-state index contributed by atoms with van der Waals surface area (Å²) in [6.45, 7) is 1.12. The molecule has 0 spiro atoms. The predicted octanol–water partition coefficient (Wildman–Crippen LogP) is 3.91. The number of nitrogens with one attached hydrogen (secondary N) is 1. The lowest BCUT2D eigenvalue weighted by atomic mass is 10.1. The van der Waals surface area contributed by atoms with Crippen LogP contribution in [0.2, 0.25) is 0 Å². The standard InChI is InChI=1S/C19H21F2N2O2P/c1-12(17-8-7-14(10-22-17)25-11-19(20,21)26)23-18(24)16-9-15(16)13-5-3-2-4-6-13/h2-8,10,12,15-16H,9,11,26H2,1H3,(H,23,24)/t12-,15+,16-/m0/s1.